The third kappa shape index (κ3) is 4.09. The number of benzene rings is 2. The number of ether oxygens (including phenoxy) is 3. The molecular weight excluding hydrogens is 386 g/mol. The minimum atomic E-state index is -0.218. The van der Waals surface area contributed by atoms with E-state index in [1.165, 1.54) is 0 Å². The highest BCUT2D eigenvalue weighted by molar-refractivity contribution is 9.10. The molecule has 0 unspecified atom stereocenters. The molecule has 0 saturated carbocycles. The number of carbonyl (C=O) groups is 1. The monoisotopic (exact) mass is 397 g/mol. The average molecular weight is 399 g/mol. The van der Waals surface area contributed by atoms with Gasteiger partial charge in [-0.05, 0) is 51.8 Å². The highest BCUT2D eigenvalue weighted by atomic mass is 79.9. The Labute approximate surface area is 146 Å². The number of carbonyl (C=O) groups excluding carboxylic acids is 1. The van der Waals surface area contributed by atoms with Crippen molar-refractivity contribution in [3.8, 4) is 17.2 Å². The fraction of sp³-hybridized carbons (Fsp3) is 0.188. The van der Waals surface area contributed by atoms with E-state index >= 15 is 0 Å². The Bertz CT molecular complexity index is 738. The largest absolute Gasteiger partial charge is 0.483 e. The number of amides is 1. The molecule has 1 amide bonds. The van der Waals surface area contributed by atoms with Crippen LogP contribution in [0.3, 0.4) is 0 Å². The Morgan fingerprint density at radius 3 is 2.87 bits per heavy atom. The van der Waals surface area contributed by atoms with Gasteiger partial charge in [0.05, 0.1) is 4.47 Å². The van der Waals surface area contributed by atoms with Crippen molar-refractivity contribution >= 4 is 33.4 Å². The molecule has 1 heterocycles. The van der Waals surface area contributed by atoms with Crippen molar-refractivity contribution in [2.75, 3.05) is 13.4 Å². The van der Waals surface area contributed by atoms with Crippen LogP contribution in [0.1, 0.15) is 5.56 Å². The molecule has 1 N–H and O–H groups in total. The van der Waals surface area contributed by atoms with Crippen molar-refractivity contribution in [1.29, 1.82) is 0 Å². The fourth-order valence-corrected chi connectivity index (χ4v) is 2.84. The molecule has 0 spiro atoms. The minimum Gasteiger partial charge on any atom is -0.483 e. The normalized spacial score (nSPS) is 12.1. The maximum absolute atomic E-state index is 11.9. The van der Waals surface area contributed by atoms with Gasteiger partial charge >= 0.3 is 0 Å². The van der Waals surface area contributed by atoms with Gasteiger partial charge in [-0.2, -0.15) is 0 Å². The molecule has 0 aliphatic carbocycles. The molecule has 0 radical (unpaired) electrons. The molecule has 2 aromatic carbocycles. The van der Waals surface area contributed by atoms with Crippen molar-refractivity contribution in [2.45, 2.75) is 6.54 Å². The van der Waals surface area contributed by atoms with E-state index in [9.17, 15) is 4.79 Å². The predicted octanol–water partition coefficient (Wildman–Crippen LogP) is 3.53. The Morgan fingerprint density at radius 1 is 1.22 bits per heavy atom. The lowest BCUT2D eigenvalue weighted by Crippen LogP contribution is -2.28. The maximum atomic E-state index is 11.9. The van der Waals surface area contributed by atoms with Gasteiger partial charge in [-0.25, -0.2) is 0 Å². The quantitative estimate of drug-likeness (QED) is 0.837. The van der Waals surface area contributed by atoms with Gasteiger partial charge < -0.3 is 19.5 Å². The summed E-state index contributed by atoms with van der Waals surface area (Å²) in [5.74, 6) is 1.76. The van der Waals surface area contributed by atoms with Gasteiger partial charge in [-0.15, -0.1) is 0 Å². The van der Waals surface area contributed by atoms with Crippen LogP contribution in [0.5, 0.6) is 17.2 Å². The van der Waals surface area contributed by atoms with Crippen molar-refractivity contribution in [3.05, 3.63) is 51.5 Å². The first-order valence-corrected chi connectivity index (χ1v) is 8.02. The van der Waals surface area contributed by atoms with Crippen LogP contribution < -0.4 is 19.5 Å². The summed E-state index contributed by atoms with van der Waals surface area (Å²) in [4.78, 5) is 11.9. The first-order chi connectivity index (χ1) is 11.1. The Kier molecular flexibility index (Phi) is 4.93. The molecule has 5 nitrogen and oxygen atoms in total. The second-order valence-corrected chi connectivity index (χ2v) is 6.12. The van der Waals surface area contributed by atoms with Gasteiger partial charge in [0.25, 0.3) is 5.91 Å². The molecule has 0 atom stereocenters. The maximum Gasteiger partial charge on any atom is 0.258 e. The van der Waals surface area contributed by atoms with Gasteiger partial charge in [-0.1, -0.05) is 17.7 Å². The van der Waals surface area contributed by atoms with Crippen LogP contribution in [-0.4, -0.2) is 19.3 Å². The summed E-state index contributed by atoms with van der Waals surface area (Å²) in [6, 6.07) is 10.7. The lowest BCUT2D eigenvalue weighted by atomic mass is 10.2. The zero-order valence-corrected chi connectivity index (χ0v) is 14.3. The summed E-state index contributed by atoms with van der Waals surface area (Å²) in [6.07, 6.45) is 0. The summed E-state index contributed by atoms with van der Waals surface area (Å²) < 4.78 is 16.7. The number of hydrogen-bond donors (Lipinski definition) is 1. The molecule has 0 fully saturated rings. The Balaban J connectivity index is 1.50. The van der Waals surface area contributed by atoms with Crippen molar-refractivity contribution in [3.63, 3.8) is 0 Å². The smallest absolute Gasteiger partial charge is 0.258 e. The zero-order valence-electron chi connectivity index (χ0n) is 12.0. The van der Waals surface area contributed by atoms with Crippen molar-refractivity contribution in [2.24, 2.45) is 0 Å². The minimum absolute atomic E-state index is 0.0786. The number of hydrogen-bond acceptors (Lipinski definition) is 4. The number of rotatable bonds is 5. The third-order valence-corrected chi connectivity index (χ3v) is 4.03. The average Bonchev–Trinajstić information content (AvgIpc) is 2.99. The van der Waals surface area contributed by atoms with E-state index in [4.69, 9.17) is 25.8 Å². The Hall–Kier alpha value is -1.92. The molecule has 0 saturated heterocycles. The lowest BCUT2D eigenvalue weighted by Gasteiger charge is -2.09. The third-order valence-electron chi connectivity index (χ3n) is 3.18. The topological polar surface area (TPSA) is 56.8 Å². The van der Waals surface area contributed by atoms with E-state index in [-0.39, 0.29) is 19.3 Å². The second-order valence-electron chi connectivity index (χ2n) is 4.83. The number of nitrogens with one attached hydrogen (secondary N) is 1. The molecule has 23 heavy (non-hydrogen) atoms. The molecular formula is C16H13BrClNO4. The molecule has 7 heteroatoms. The highest BCUT2D eigenvalue weighted by Crippen LogP contribution is 2.32. The van der Waals surface area contributed by atoms with Crippen LogP contribution in [0.4, 0.5) is 0 Å². The summed E-state index contributed by atoms with van der Waals surface area (Å²) in [5.41, 5.74) is 0.926. The summed E-state index contributed by atoms with van der Waals surface area (Å²) in [6.45, 7) is 0.542. The number of fused-ring (bicyclic) bond motifs is 1. The highest BCUT2D eigenvalue weighted by Gasteiger charge is 2.13. The van der Waals surface area contributed by atoms with Gasteiger partial charge in [0.2, 0.25) is 6.79 Å². The molecule has 3 rings (SSSR count). The van der Waals surface area contributed by atoms with Crippen LogP contribution in [0.15, 0.2) is 40.9 Å². The van der Waals surface area contributed by atoms with E-state index in [1.54, 1.807) is 18.2 Å². The van der Waals surface area contributed by atoms with Crippen LogP contribution in [0.2, 0.25) is 5.02 Å². The van der Waals surface area contributed by atoms with Crippen molar-refractivity contribution in [1.82, 2.24) is 5.32 Å². The fourth-order valence-electron chi connectivity index (χ4n) is 2.04. The lowest BCUT2D eigenvalue weighted by molar-refractivity contribution is -0.123. The van der Waals surface area contributed by atoms with Gasteiger partial charge in [0.15, 0.2) is 18.1 Å². The van der Waals surface area contributed by atoms with Gasteiger partial charge in [-0.3, -0.25) is 4.79 Å². The SMILES string of the molecule is O=C(COc1ccc(Cl)cc1Br)NCc1ccc2c(c1)OCO2. The first kappa shape index (κ1) is 16.0. The van der Waals surface area contributed by atoms with Gasteiger partial charge in [0.1, 0.15) is 5.75 Å². The van der Waals surface area contributed by atoms with Crippen LogP contribution in [0, 0.1) is 0 Å². The number of halogens is 2. The summed E-state index contributed by atoms with van der Waals surface area (Å²) >= 11 is 9.19. The van der Waals surface area contributed by atoms with Crippen LogP contribution >= 0.6 is 27.5 Å². The van der Waals surface area contributed by atoms with Crippen LogP contribution in [0.25, 0.3) is 0 Å². The van der Waals surface area contributed by atoms with Gasteiger partial charge in [0, 0.05) is 11.6 Å². The van der Waals surface area contributed by atoms with E-state index < -0.39 is 0 Å². The molecule has 120 valence electrons. The molecule has 0 bridgehead atoms. The first-order valence-electron chi connectivity index (χ1n) is 6.85. The predicted molar refractivity (Wildman–Crippen MR) is 89.1 cm³/mol. The van der Waals surface area contributed by atoms with Crippen molar-refractivity contribution < 1.29 is 19.0 Å². The van der Waals surface area contributed by atoms with E-state index in [2.05, 4.69) is 21.2 Å². The van der Waals surface area contributed by atoms with Crippen LogP contribution in [-0.2, 0) is 11.3 Å². The van der Waals surface area contributed by atoms with E-state index in [1.807, 2.05) is 18.2 Å². The van der Waals surface area contributed by atoms with E-state index in [0.717, 1.165) is 11.3 Å². The van der Waals surface area contributed by atoms with E-state index in [0.29, 0.717) is 27.5 Å². The molecule has 1 aliphatic rings. The molecule has 0 aromatic heterocycles. The summed E-state index contributed by atoms with van der Waals surface area (Å²) in [7, 11) is 0. The molecule has 2 aromatic rings. The zero-order chi connectivity index (χ0) is 16.2. The summed E-state index contributed by atoms with van der Waals surface area (Å²) in [5, 5.41) is 3.38. The standard InChI is InChI=1S/C16H13BrClNO4/c17-12-6-11(18)2-4-13(12)21-8-16(20)19-7-10-1-3-14-15(5-10)23-9-22-14/h1-6H,7-9H2,(H,19,20). The molecule has 1 aliphatic heterocycles. The second kappa shape index (κ2) is 7.10. The Morgan fingerprint density at radius 2 is 2.04 bits per heavy atom.